The van der Waals surface area contributed by atoms with Crippen molar-refractivity contribution < 1.29 is 14.3 Å². The average molecular weight is 329 g/mol. The molecule has 1 aromatic heterocycles. The van der Waals surface area contributed by atoms with E-state index < -0.39 is 17.4 Å². The number of amides is 2. The monoisotopic (exact) mass is 329 g/mol. The van der Waals surface area contributed by atoms with E-state index in [1.54, 1.807) is 0 Å². The van der Waals surface area contributed by atoms with Crippen LogP contribution in [0.5, 0.6) is 0 Å². The summed E-state index contributed by atoms with van der Waals surface area (Å²) < 4.78 is 6.75. The van der Waals surface area contributed by atoms with Crippen LogP contribution in [0.1, 0.15) is 28.9 Å². The van der Waals surface area contributed by atoms with Gasteiger partial charge in [-0.25, -0.2) is 4.68 Å². The zero-order valence-corrected chi connectivity index (χ0v) is 13.4. The summed E-state index contributed by atoms with van der Waals surface area (Å²) in [6.45, 7) is 2.74. The van der Waals surface area contributed by atoms with Gasteiger partial charge in [-0.2, -0.15) is 0 Å². The van der Waals surface area contributed by atoms with Gasteiger partial charge in [0.25, 0.3) is 5.91 Å². The van der Waals surface area contributed by atoms with E-state index >= 15 is 0 Å². The summed E-state index contributed by atoms with van der Waals surface area (Å²) in [7, 11) is 0. The molecule has 0 bridgehead atoms. The van der Waals surface area contributed by atoms with Crippen molar-refractivity contribution in [2.45, 2.75) is 25.3 Å². The highest BCUT2D eigenvalue weighted by molar-refractivity contribution is 5.97. The molecule has 2 heterocycles. The van der Waals surface area contributed by atoms with Crippen molar-refractivity contribution in [3.05, 3.63) is 41.7 Å². The van der Waals surface area contributed by atoms with E-state index in [4.69, 9.17) is 10.5 Å². The fourth-order valence-corrected chi connectivity index (χ4v) is 2.63. The molecule has 2 aromatic rings. The van der Waals surface area contributed by atoms with Crippen LogP contribution in [-0.2, 0) is 9.53 Å². The van der Waals surface area contributed by atoms with Crippen molar-refractivity contribution in [1.29, 1.82) is 0 Å². The van der Waals surface area contributed by atoms with Crippen molar-refractivity contribution >= 4 is 11.8 Å². The number of hydrogen-bond donors (Lipinski definition) is 2. The van der Waals surface area contributed by atoms with Crippen LogP contribution in [-0.4, -0.2) is 45.6 Å². The molecular formula is C16H19N5O3. The van der Waals surface area contributed by atoms with E-state index in [9.17, 15) is 9.59 Å². The lowest BCUT2D eigenvalue weighted by molar-refractivity contribution is -0.127. The molecule has 0 saturated carbocycles. The number of aryl methyl sites for hydroxylation is 1. The van der Waals surface area contributed by atoms with Gasteiger partial charge in [-0.1, -0.05) is 22.9 Å². The molecule has 3 N–H and O–H groups in total. The summed E-state index contributed by atoms with van der Waals surface area (Å²) in [6.07, 6.45) is 2.22. The molecule has 8 nitrogen and oxygen atoms in total. The summed E-state index contributed by atoms with van der Waals surface area (Å²) >= 11 is 0. The van der Waals surface area contributed by atoms with Crippen LogP contribution < -0.4 is 11.1 Å². The van der Waals surface area contributed by atoms with Crippen molar-refractivity contribution in [2.75, 3.05) is 13.2 Å². The number of carbonyl (C=O) groups is 2. The highest BCUT2D eigenvalue weighted by Crippen LogP contribution is 2.21. The predicted molar refractivity (Wildman–Crippen MR) is 85.5 cm³/mol. The number of benzene rings is 1. The van der Waals surface area contributed by atoms with Gasteiger partial charge in [0.1, 0.15) is 5.54 Å². The van der Waals surface area contributed by atoms with E-state index in [2.05, 4.69) is 15.6 Å². The first-order valence-electron chi connectivity index (χ1n) is 7.70. The van der Waals surface area contributed by atoms with E-state index in [1.165, 1.54) is 10.9 Å². The number of nitrogens with zero attached hydrogens (tertiary/aromatic N) is 3. The first-order valence-corrected chi connectivity index (χ1v) is 7.70. The Morgan fingerprint density at radius 3 is 2.54 bits per heavy atom. The van der Waals surface area contributed by atoms with Gasteiger partial charge < -0.3 is 15.8 Å². The molecule has 0 aliphatic carbocycles. The number of hydrogen-bond acceptors (Lipinski definition) is 5. The molecule has 0 spiro atoms. The first-order chi connectivity index (χ1) is 11.5. The Morgan fingerprint density at radius 2 is 1.92 bits per heavy atom. The molecule has 8 heteroatoms. The number of carbonyl (C=O) groups excluding carboxylic acids is 2. The Labute approximate surface area is 139 Å². The lowest BCUT2D eigenvalue weighted by atomic mass is 9.89. The normalized spacial score (nSPS) is 16.5. The third-order valence-corrected chi connectivity index (χ3v) is 4.20. The highest BCUT2D eigenvalue weighted by Gasteiger charge is 2.40. The third kappa shape index (κ3) is 3.13. The van der Waals surface area contributed by atoms with Crippen LogP contribution in [0.4, 0.5) is 0 Å². The van der Waals surface area contributed by atoms with Gasteiger partial charge in [-0.15, -0.1) is 5.10 Å². The maximum atomic E-state index is 12.4. The quantitative estimate of drug-likeness (QED) is 0.840. The maximum absolute atomic E-state index is 12.4. The van der Waals surface area contributed by atoms with Gasteiger partial charge in [0, 0.05) is 26.1 Å². The molecule has 0 radical (unpaired) electrons. The molecular weight excluding hydrogens is 310 g/mol. The van der Waals surface area contributed by atoms with Crippen LogP contribution in [0.2, 0.25) is 0 Å². The summed E-state index contributed by atoms with van der Waals surface area (Å²) in [5.74, 6) is -1.04. The van der Waals surface area contributed by atoms with Crippen LogP contribution in [0.15, 0.2) is 30.5 Å². The lowest BCUT2D eigenvalue weighted by Gasteiger charge is -2.34. The number of primary amides is 1. The van der Waals surface area contributed by atoms with Crippen LogP contribution in [0, 0.1) is 6.92 Å². The SMILES string of the molecule is Cc1ccc(-n2cc(C(=O)NC3(C(N)=O)CCOCC3)nn2)cc1. The van der Waals surface area contributed by atoms with Gasteiger partial charge in [0.05, 0.1) is 11.9 Å². The minimum atomic E-state index is -1.09. The van der Waals surface area contributed by atoms with Gasteiger partial charge >= 0.3 is 0 Å². The number of aromatic nitrogens is 3. The zero-order chi connectivity index (χ0) is 17.2. The molecule has 0 atom stereocenters. The Morgan fingerprint density at radius 1 is 1.25 bits per heavy atom. The minimum Gasteiger partial charge on any atom is -0.381 e. The fourth-order valence-electron chi connectivity index (χ4n) is 2.63. The number of nitrogens with two attached hydrogens (primary N) is 1. The van der Waals surface area contributed by atoms with Crippen molar-refractivity contribution in [1.82, 2.24) is 20.3 Å². The summed E-state index contributed by atoms with van der Waals surface area (Å²) in [6, 6.07) is 7.66. The van der Waals surface area contributed by atoms with Crippen LogP contribution in [0.25, 0.3) is 5.69 Å². The number of rotatable bonds is 4. The van der Waals surface area contributed by atoms with E-state index in [1.807, 2.05) is 31.2 Å². The Kier molecular flexibility index (Phi) is 4.30. The number of nitrogens with one attached hydrogen (secondary N) is 1. The molecule has 1 saturated heterocycles. The van der Waals surface area contributed by atoms with Crippen molar-refractivity contribution in [3.8, 4) is 5.69 Å². The fraction of sp³-hybridized carbons (Fsp3) is 0.375. The molecule has 2 amide bonds. The van der Waals surface area contributed by atoms with E-state index in [0.717, 1.165) is 11.3 Å². The highest BCUT2D eigenvalue weighted by atomic mass is 16.5. The molecule has 1 aliphatic heterocycles. The Balaban J connectivity index is 1.78. The van der Waals surface area contributed by atoms with Crippen molar-refractivity contribution in [3.63, 3.8) is 0 Å². The third-order valence-electron chi connectivity index (χ3n) is 4.20. The average Bonchev–Trinajstić information content (AvgIpc) is 3.06. The Bertz CT molecular complexity index is 747. The van der Waals surface area contributed by atoms with Crippen LogP contribution >= 0.6 is 0 Å². The second-order valence-corrected chi connectivity index (χ2v) is 5.90. The van der Waals surface area contributed by atoms with Gasteiger partial charge in [-0.3, -0.25) is 9.59 Å². The minimum absolute atomic E-state index is 0.127. The van der Waals surface area contributed by atoms with Gasteiger partial charge in [0.15, 0.2) is 5.69 Å². The van der Waals surface area contributed by atoms with Gasteiger partial charge in [-0.05, 0) is 19.1 Å². The first kappa shape index (κ1) is 16.1. The summed E-state index contributed by atoms with van der Waals surface area (Å²) in [5, 5.41) is 10.6. The van der Waals surface area contributed by atoms with E-state index in [0.29, 0.717) is 26.1 Å². The number of ether oxygens (including phenoxy) is 1. The predicted octanol–water partition coefficient (Wildman–Crippen LogP) is 0.340. The smallest absolute Gasteiger partial charge is 0.274 e. The second kappa shape index (κ2) is 6.40. The Hall–Kier alpha value is -2.74. The maximum Gasteiger partial charge on any atom is 0.274 e. The molecule has 126 valence electrons. The molecule has 1 fully saturated rings. The lowest BCUT2D eigenvalue weighted by Crippen LogP contribution is -2.60. The second-order valence-electron chi connectivity index (χ2n) is 5.90. The largest absolute Gasteiger partial charge is 0.381 e. The standard InChI is InChI=1S/C16H19N5O3/c1-11-2-4-12(5-3-11)21-10-13(19-20-21)14(22)18-16(15(17)23)6-8-24-9-7-16/h2-5,10H,6-9H2,1H3,(H2,17,23)(H,18,22). The topological polar surface area (TPSA) is 112 Å². The summed E-state index contributed by atoms with van der Waals surface area (Å²) in [4.78, 5) is 24.3. The summed E-state index contributed by atoms with van der Waals surface area (Å²) in [5.41, 5.74) is 6.44. The zero-order valence-electron chi connectivity index (χ0n) is 13.4. The van der Waals surface area contributed by atoms with Crippen LogP contribution in [0.3, 0.4) is 0 Å². The molecule has 24 heavy (non-hydrogen) atoms. The molecule has 3 rings (SSSR count). The molecule has 1 aromatic carbocycles. The van der Waals surface area contributed by atoms with E-state index in [-0.39, 0.29) is 5.69 Å². The van der Waals surface area contributed by atoms with Gasteiger partial charge in [0.2, 0.25) is 5.91 Å². The molecule has 0 unspecified atom stereocenters. The molecule has 1 aliphatic rings. The van der Waals surface area contributed by atoms with Crippen molar-refractivity contribution in [2.24, 2.45) is 5.73 Å².